The van der Waals surface area contributed by atoms with Gasteiger partial charge in [-0.2, -0.15) is 5.10 Å². The fourth-order valence-corrected chi connectivity index (χ4v) is 4.18. The van der Waals surface area contributed by atoms with Crippen molar-refractivity contribution in [2.45, 2.75) is 39.2 Å². The Balaban J connectivity index is 1.96. The monoisotopic (exact) mass is 413 g/mol. The number of nitrogens with one attached hydrogen (secondary N) is 1. The molecule has 6 nitrogen and oxygen atoms in total. The quantitative estimate of drug-likeness (QED) is 0.740. The van der Waals surface area contributed by atoms with Gasteiger partial charge in [0.15, 0.2) is 0 Å². The van der Waals surface area contributed by atoms with Gasteiger partial charge in [-0.05, 0) is 36.1 Å². The predicted molar refractivity (Wildman–Crippen MR) is 116 cm³/mol. The van der Waals surface area contributed by atoms with Gasteiger partial charge in [0, 0.05) is 18.0 Å². The van der Waals surface area contributed by atoms with Crippen molar-refractivity contribution < 1.29 is 13.2 Å². The number of sulfonamides is 1. The average molecular weight is 414 g/mol. The zero-order valence-corrected chi connectivity index (χ0v) is 17.8. The summed E-state index contributed by atoms with van der Waals surface area (Å²) in [7, 11) is -3.37. The molecular formula is C22H27N3O3S. The number of carbonyl (C=O) groups excluding carboxylic acids is 1. The fraction of sp³-hybridized carbons (Fsp3) is 0.364. The minimum Gasteiger partial charge on any atom is -0.284 e. The maximum atomic E-state index is 13.1. The van der Waals surface area contributed by atoms with Crippen molar-refractivity contribution in [3.63, 3.8) is 0 Å². The molecule has 0 aromatic heterocycles. The molecule has 1 aliphatic heterocycles. The molecule has 3 rings (SSSR count). The summed E-state index contributed by atoms with van der Waals surface area (Å²) in [5.74, 6) is -0.0354. The number of anilines is 1. The van der Waals surface area contributed by atoms with Gasteiger partial charge >= 0.3 is 0 Å². The van der Waals surface area contributed by atoms with E-state index in [0.29, 0.717) is 12.1 Å². The van der Waals surface area contributed by atoms with E-state index in [0.717, 1.165) is 35.9 Å². The summed E-state index contributed by atoms with van der Waals surface area (Å²) in [6, 6.07) is 16.9. The molecule has 29 heavy (non-hydrogen) atoms. The molecule has 0 saturated heterocycles. The second-order valence-electron chi connectivity index (χ2n) is 7.33. The van der Waals surface area contributed by atoms with Gasteiger partial charge in [0.1, 0.15) is 0 Å². The normalized spacial score (nSPS) is 16.8. The summed E-state index contributed by atoms with van der Waals surface area (Å²) in [6.07, 6.45) is 3.24. The zero-order chi connectivity index (χ0) is 21.0. The van der Waals surface area contributed by atoms with Gasteiger partial charge in [0.05, 0.1) is 18.0 Å². The van der Waals surface area contributed by atoms with Crippen LogP contribution in [0.25, 0.3) is 0 Å². The van der Waals surface area contributed by atoms with Crippen LogP contribution in [0.1, 0.15) is 50.3 Å². The average Bonchev–Trinajstić information content (AvgIpc) is 3.14. The lowest BCUT2D eigenvalue weighted by Crippen LogP contribution is -2.32. The van der Waals surface area contributed by atoms with E-state index in [1.54, 1.807) is 23.2 Å². The fourth-order valence-electron chi connectivity index (χ4n) is 3.62. The summed E-state index contributed by atoms with van der Waals surface area (Å²) in [6.45, 7) is 4.04. The lowest BCUT2D eigenvalue weighted by molar-refractivity contribution is -0.137. The predicted octanol–water partition coefficient (Wildman–Crippen LogP) is 4.17. The van der Waals surface area contributed by atoms with E-state index in [9.17, 15) is 13.2 Å². The Kier molecular flexibility index (Phi) is 6.37. The number of benzene rings is 2. The van der Waals surface area contributed by atoms with Crippen LogP contribution in [0.4, 0.5) is 5.69 Å². The minimum atomic E-state index is -3.37. The van der Waals surface area contributed by atoms with E-state index in [2.05, 4.69) is 4.72 Å². The highest BCUT2D eigenvalue weighted by molar-refractivity contribution is 7.92. The Bertz CT molecular complexity index is 999. The smallest absolute Gasteiger partial charge is 0.246 e. The molecule has 1 amide bonds. The third kappa shape index (κ3) is 5.03. The van der Waals surface area contributed by atoms with Crippen molar-refractivity contribution in [3.05, 3.63) is 65.7 Å². The third-order valence-corrected chi connectivity index (χ3v) is 5.76. The third-order valence-electron chi connectivity index (χ3n) is 5.15. The van der Waals surface area contributed by atoms with Gasteiger partial charge in [-0.15, -0.1) is 0 Å². The Morgan fingerprint density at radius 3 is 2.45 bits per heavy atom. The Morgan fingerprint density at radius 1 is 1.14 bits per heavy atom. The van der Waals surface area contributed by atoms with E-state index in [1.165, 1.54) is 0 Å². The molecule has 1 atom stereocenters. The van der Waals surface area contributed by atoms with Gasteiger partial charge in [-0.25, -0.2) is 13.4 Å². The number of nitrogens with zero attached hydrogens (tertiary/aromatic N) is 2. The first-order chi connectivity index (χ1) is 13.8. The first kappa shape index (κ1) is 21.0. The standard InChI is InChI=1S/C22H27N3O3S/c1-4-16(5-2)22(26)25-21(17-10-7-6-8-11-17)15-20(23-25)18-12-9-13-19(14-18)24-29(3,27)28/h6-14,16,21,24H,4-5,15H2,1-3H3/t21-/m0/s1. The van der Waals surface area contributed by atoms with E-state index < -0.39 is 10.0 Å². The lowest BCUT2D eigenvalue weighted by Gasteiger charge is -2.25. The van der Waals surface area contributed by atoms with Crippen molar-refractivity contribution in [3.8, 4) is 0 Å². The number of hydrogen-bond acceptors (Lipinski definition) is 4. The minimum absolute atomic E-state index is 0.0317. The van der Waals surface area contributed by atoms with Gasteiger partial charge in [0.25, 0.3) is 0 Å². The van der Waals surface area contributed by atoms with Crippen molar-refractivity contribution >= 4 is 27.3 Å². The zero-order valence-electron chi connectivity index (χ0n) is 17.0. The molecule has 0 unspecified atom stereocenters. The molecule has 0 fully saturated rings. The first-order valence-corrected chi connectivity index (χ1v) is 11.7. The second-order valence-corrected chi connectivity index (χ2v) is 9.08. The Hall–Kier alpha value is -2.67. The van der Waals surface area contributed by atoms with Crippen LogP contribution in [0.15, 0.2) is 59.7 Å². The highest BCUT2D eigenvalue weighted by Crippen LogP contribution is 2.35. The van der Waals surface area contributed by atoms with E-state index in [-0.39, 0.29) is 17.9 Å². The van der Waals surface area contributed by atoms with Gasteiger partial charge in [-0.1, -0.05) is 56.3 Å². The second kappa shape index (κ2) is 8.78. The van der Waals surface area contributed by atoms with Gasteiger partial charge in [-0.3, -0.25) is 9.52 Å². The van der Waals surface area contributed by atoms with Crippen LogP contribution >= 0.6 is 0 Å². The van der Waals surface area contributed by atoms with Crippen molar-refractivity contribution in [1.29, 1.82) is 0 Å². The summed E-state index contributed by atoms with van der Waals surface area (Å²) >= 11 is 0. The highest BCUT2D eigenvalue weighted by Gasteiger charge is 2.35. The number of hydrazone groups is 1. The highest BCUT2D eigenvalue weighted by atomic mass is 32.2. The van der Waals surface area contributed by atoms with Crippen LogP contribution in [0.3, 0.4) is 0 Å². The number of amides is 1. The van der Waals surface area contributed by atoms with Crippen LogP contribution < -0.4 is 4.72 Å². The van der Waals surface area contributed by atoms with Crippen LogP contribution in [0.5, 0.6) is 0 Å². The van der Waals surface area contributed by atoms with Crippen molar-refractivity contribution in [1.82, 2.24) is 5.01 Å². The largest absolute Gasteiger partial charge is 0.284 e. The summed E-state index contributed by atoms with van der Waals surface area (Å²) < 4.78 is 25.6. The number of carbonyl (C=O) groups is 1. The SMILES string of the molecule is CCC(CC)C(=O)N1N=C(c2cccc(NS(C)(=O)=O)c2)C[C@H]1c1ccccc1. The van der Waals surface area contributed by atoms with E-state index in [4.69, 9.17) is 5.10 Å². The van der Waals surface area contributed by atoms with Gasteiger partial charge in [0.2, 0.25) is 15.9 Å². The maximum Gasteiger partial charge on any atom is 0.246 e. The molecule has 1 N–H and O–H groups in total. The van der Waals surface area contributed by atoms with Crippen molar-refractivity contribution in [2.24, 2.45) is 11.0 Å². The Morgan fingerprint density at radius 2 is 1.83 bits per heavy atom. The molecule has 0 spiro atoms. The topological polar surface area (TPSA) is 78.8 Å². The van der Waals surface area contributed by atoms with Crippen LogP contribution in [0, 0.1) is 5.92 Å². The number of hydrogen-bond donors (Lipinski definition) is 1. The summed E-state index contributed by atoms with van der Waals surface area (Å²) in [4.78, 5) is 13.1. The van der Waals surface area contributed by atoms with Crippen LogP contribution in [-0.4, -0.2) is 31.3 Å². The molecule has 0 radical (unpaired) electrons. The maximum absolute atomic E-state index is 13.1. The lowest BCUT2D eigenvalue weighted by atomic mass is 9.96. The van der Waals surface area contributed by atoms with Crippen LogP contribution in [0.2, 0.25) is 0 Å². The number of rotatable bonds is 7. The molecule has 2 aromatic rings. The summed E-state index contributed by atoms with van der Waals surface area (Å²) in [5.41, 5.74) is 3.10. The Labute approximate surface area is 172 Å². The van der Waals surface area contributed by atoms with Crippen LogP contribution in [-0.2, 0) is 14.8 Å². The molecule has 0 aliphatic carbocycles. The molecular weight excluding hydrogens is 386 g/mol. The summed E-state index contributed by atoms with van der Waals surface area (Å²) in [5, 5.41) is 6.32. The molecule has 2 aromatic carbocycles. The van der Waals surface area contributed by atoms with Gasteiger partial charge < -0.3 is 0 Å². The van der Waals surface area contributed by atoms with E-state index in [1.807, 2.05) is 50.2 Å². The first-order valence-electron chi connectivity index (χ1n) is 9.86. The molecule has 1 heterocycles. The van der Waals surface area contributed by atoms with E-state index >= 15 is 0 Å². The molecule has 7 heteroatoms. The molecule has 154 valence electrons. The van der Waals surface area contributed by atoms with Crippen molar-refractivity contribution in [2.75, 3.05) is 11.0 Å². The molecule has 1 aliphatic rings. The molecule has 0 saturated carbocycles. The molecule has 0 bridgehead atoms.